The Hall–Kier alpha value is -4.05. The Morgan fingerprint density at radius 3 is 2.40 bits per heavy atom. The summed E-state index contributed by atoms with van der Waals surface area (Å²) >= 11 is 0. The number of methoxy groups -OCH3 is 1. The molecule has 1 aliphatic heterocycles. The standard InChI is InChI=1S/C27H25F7N4O5/c1-12-6-9-18(41-5)19-15(26(29,30)31)11-17(35-23(39)43-24(2,3)4)20(36-19)21-37-38-22(42-21)25(40,27(32,33)34)14-10-13(12)7-8-16(14)28/h7-8,10-11,18,40H,1,6,9H2,2-5H3,(H,35,39). The summed E-state index contributed by atoms with van der Waals surface area (Å²) in [7, 11) is 1.12. The van der Waals surface area contributed by atoms with Crippen molar-refractivity contribution in [2.75, 3.05) is 12.4 Å². The van der Waals surface area contributed by atoms with Crippen molar-refractivity contribution < 1.29 is 54.5 Å². The Morgan fingerprint density at radius 2 is 1.81 bits per heavy atom. The summed E-state index contributed by atoms with van der Waals surface area (Å²) in [5, 5.41) is 19.8. The zero-order valence-electron chi connectivity index (χ0n) is 23.1. The Labute approximate surface area is 239 Å². The third kappa shape index (κ3) is 6.20. The lowest BCUT2D eigenvalue weighted by Gasteiger charge is -2.28. The maximum Gasteiger partial charge on any atom is 0.430 e. The highest BCUT2D eigenvalue weighted by Crippen LogP contribution is 2.47. The predicted molar refractivity (Wildman–Crippen MR) is 136 cm³/mol. The molecular weight excluding hydrogens is 593 g/mol. The first-order valence-electron chi connectivity index (χ1n) is 12.5. The SMILES string of the molecule is C=C1CCC(OC)c2nc(c(NC(=O)OC(C)(C)C)cc2C(F)(F)F)-c2nnc(o2)C(O)(C(F)(F)F)c2cc1ccc2F. The van der Waals surface area contributed by atoms with Crippen LogP contribution in [0.3, 0.4) is 0 Å². The number of rotatable bonds is 2. The van der Waals surface area contributed by atoms with Crippen molar-refractivity contribution in [2.24, 2.45) is 0 Å². The van der Waals surface area contributed by atoms with Gasteiger partial charge in [0.25, 0.3) is 17.4 Å². The minimum atomic E-state index is -5.63. The molecule has 0 saturated heterocycles. The van der Waals surface area contributed by atoms with E-state index in [0.29, 0.717) is 18.2 Å². The summed E-state index contributed by atoms with van der Waals surface area (Å²) in [6.07, 6.45) is -13.6. The van der Waals surface area contributed by atoms with Gasteiger partial charge in [0.15, 0.2) is 5.69 Å². The minimum absolute atomic E-state index is 0.0488. The fourth-order valence-electron chi connectivity index (χ4n) is 4.36. The number of aliphatic hydroxyl groups is 1. The predicted octanol–water partition coefficient (Wildman–Crippen LogP) is 6.93. The smallest absolute Gasteiger partial charge is 0.430 e. The fraction of sp³-hybridized carbons (Fsp3) is 0.407. The molecular formula is C27H25F7N4O5. The number of nitrogens with one attached hydrogen (secondary N) is 1. The van der Waals surface area contributed by atoms with Crippen molar-refractivity contribution in [2.45, 2.75) is 63.3 Å². The van der Waals surface area contributed by atoms with E-state index in [4.69, 9.17) is 13.9 Å². The molecule has 3 aromatic rings. The molecule has 16 heteroatoms. The molecule has 0 spiro atoms. The number of benzene rings is 1. The van der Waals surface area contributed by atoms with Crippen LogP contribution in [-0.4, -0.2) is 45.3 Å². The highest BCUT2D eigenvalue weighted by molar-refractivity contribution is 5.89. The van der Waals surface area contributed by atoms with Gasteiger partial charge in [0.1, 0.15) is 17.5 Å². The molecule has 1 aromatic carbocycles. The van der Waals surface area contributed by atoms with Crippen molar-refractivity contribution in [3.05, 3.63) is 64.9 Å². The molecule has 1 aliphatic rings. The lowest BCUT2D eigenvalue weighted by molar-refractivity contribution is -0.256. The normalized spacial score (nSPS) is 19.5. The average Bonchev–Trinajstić information content (AvgIpc) is 3.36. The first kappa shape index (κ1) is 31.9. The molecule has 4 rings (SSSR count). The van der Waals surface area contributed by atoms with Gasteiger partial charge in [-0.2, -0.15) is 26.3 Å². The van der Waals surface area contributed by atoms with Crippen LogP contribution in [0.25, 0.3) is 17.2 Å². The molecule has 1 amide bonds. The van der Waals surface area contributed by atoms with Gasteiger partial charge in [0.05, 0.1) is 16.9 Å². The summed E-state index contributed by atoms with van der Waals surface area (Å²) in [5.41, 5.74) is -10.0. The highest BCUT2D eigenvalue weighted by atomic mass is 19.4. The molecule has 2 N–H and O–H groups in total. The first-order valence-corrected chi connectivity index (χ1v) is 12.5. The number of hydrogen-bond donors (Lipinski definition) is 2. The number of pyridine rings is 1. The van der Waals surface area contributed by atoms with Crippen LogP contribution in [0.4, 0.5) is 41.2 Å². The van der Waals surface area contributed by atoms with Crippen molar-refractivity contribution >= 4 is 17.4 Å². The molecule has 3 heterocycles. The third-order valence-electron chi connectivity index (χ3n) is 6.40. The number of ether oxygens (including phenoxy) is 2. The van der Waals surface area contributed by atoms with Gasteiger partial charge in [-0.05, 0) is 62.9 Å². The zero-order valence-corrected chi connectivity index (χ0v) is 23.1. The van der Waals surface area contributed by atoms with Gasteiger partial charge < -0.3 is 19.0 Å². The summed E-state index contributed by atoms with van der Waals surface area (Å²) < 4.78 is 117. The van der Waals surface area contributed by atoms with E-state index in [-0.39, 0.29) is 24.0 Å². The van der Waals surface area contributed by atoms with Gasteiger partial charge in [-0.3, -0.25) is 5.32 Å². The van der Waals surface area contributed by atoms with Crippen LogP contribution in [0, 0.1) is 5.82 Å². The molecule has 232 valence electrons. The van der Waals surface area contributed by atoms with Crippen molar-refractivity contribution in [1.29, 1.82) is 0 Å². The van der Waals surface area contributed by atoms with E-state index in [1.54, 1.807) is 0 Å². The second-order valence-electron chi connectivity index (χ2n) is 10.6. The molecule has 43 heavy (non-hydrogen) atoms. The topological polar surface area (TPSA) is 120 Å². The van der Waals surface area contributed by atoms with Gasteiger partial charge in [0, 0.05) is 12.7 Å². The largest absolute Gasteiger partial charge is 0.444 e. The van der Waals surface area contributed by atoms with E-state index < -0.39 is 81.6 Å². The second kappa shape index (κ2) is 10.9. The lowest BCUT2D eigenvalue weighted by atomic mass is 9.88. The number of amides is 1. The number of nitrogens with zero attached hydrogens (tertiary/aromatic N) is 3. The van der Waals surface area contributed by atoms with Gasteiger partial charge in [-0.1, -0.05) is 12.6 Å². The first-order chi connectivity index (χ1) is 19.8. The maximum absolute atomic E-state index is 14.9. The Balaban J connectivity index is 2.06. The van der Waals surface area contributed by atoms with Crippen LogP contribution in [0.2, 0.25) is 0 Å². The Morgan fingerprint density at radius 1 is 1.14 bits per heavy atom. The molecule has 0 saturated carbocycles. The summed E-state index contributed by atoms with van der Waals surface area (Å²) in [6, 6.07) is 2.92. The monoisotopic (exact) mass is 618 g/mol. The van der Waals surface area contributed by atoms with Crippen LogP contribution in [0.15, 0.2) is 35.3 Å². The molecule has 0 radical (unpaired) electrons. The minimum Gasteiger partial charge on any atom is -0.444 e. The summed E-state index contributed by atoms with van der Waals surface area (Å²) in [4.78, 5) is 16.5. The molecule has 0 aliphatic carbocycles. The van der Waals surface area contributed by atoms with Gasteiger partial charge >= 0.3 is 18.4 Å². The van der Waals surface area contributed by atoms with Crippen molar-refractivity contribution in [1.82, 2.24) is 15.2 Å². The number of carbonyl (C=O) groups excluding carboxylic acids is 1. The van der Waals surface area contributed by atoms with E-state index >= 15 is 0 Å². The molecule has 2 aromatic heterocycles. The molecule has 2 unspecified atom stereocenters. The van der Waals surface area contributed by atoms with Crippen LogP contribution in [-0.2, 0) is 21.3 Å². The number of allylic oxidation sites excluding steroid dienone is 1. The van der Waals surface area contributed by atoms with Gasteiger partial charge in [0.2, 0.25) is 0 Å². The maximum atomic E-state index is 14.9. The van der Waals surface area contributed by atoms with Crippen LogP contribution in [0.5, 0.6) is 0 Å². The van der Waals surface area contributed by atoms with E-state index in [1.165, 1.54) is 20.8 Å². The lowest BCUT2D eigenvalue weighted by Crippen LogP contribution is -2.44. The number of fused-ring (bicyclic) bond motifs is 7. The zero-order chi connectivity index (χ0) is 32.1. The highest BCUT2D eigenvalue weighted by Gasteiger charge is 2.62. The van der Waals surface area contributed by atoms with Crippen molar-refractivity contribution in [3.63, 3.8) is 0 Å². The van der Waals surface area contributed by atoms with Gasteiger partial charge in [-0.25, -0.2) is 14.2 Å². The van der Waals surface area contributed by atoms with Crippen LogP contribution >= 0.6 is 0 Å². The number of halogens is 7. The molecule has 2 atom stereocenters. The van der Waals surface area contributed by atoms with Crippen molar-refractivity contribution in [3.8, 4) is 11.6 Å². The van der Waals surface area contributed by atoms with Crippen LogP contribution in [0.1, 0.15) is 68.0 Å². The van der Waals surface area contributed by atoms with E-state index in [0.717, 1.165) is 13.2 Å². The average molecular weight is 619 g/mol. The Kier molecular flexibility index (Phi) is 8.08. The van der Waals surface area contributed by atoms with E-state index in [2.05, 4.69) is 27.1 Å². The number of alkyl halides is 6. The van der Waals surface area contributed by atoms with E-state index in [9.17, 15) is 40.6 Å². The fourth-order valence-corrected chi connectivity index (χ4v) is 4.36. The van der Waals surface area contributed by atoms with Gasteiger partial charge in [-0.15, -0.1) is 10.2 Å². The second-order valence-corrected chi connectivity index (χ2v) is 10.6. The molecule has 9 nitrogen and oxygen atoms in total. The molecule has 0 fully saturated rings. The number of carbonyl (C=O) groups is 1. The Bertz CT molecular complexity index is 1560. The number of anilines is 1. The quantitative estimate of drug-likeness (QED) is 0.297. The third-order valence-corrected chi connectivity index (χ3v) is 6.40. The van der Waals surface area contributed by atoms with Crippen LogP contribution < -0.4 is 5.32 Å². The molecule has 6 bridgehead atoms. The number of aromatic nitrogens is 3. The number of hydrogen-bond acceptors (Lipinski definition) is 8. The summed E-state index contributed by atoms with van der Waals surface area (Å²) in [5.74, 6) is -3.98. The summed E-state index contributed by atoms with van der Waals surface area (Å²) in [6.45, 7) is 8.20. The van der Waals surface area contributed by atoms with E-state index in [1.807, 2.05) is 0 Å².